The van der Waals surface area contributed by atoms with Gasteiger partial charge in [0.15, 0.2) is 5.75 Å². The van der Waals surface area contributed by atoms with E-state index in [-0.39, 0.29) is 29.4 Å². The van der Waals surface area contributed by atoms with Gasteiger partial charge in [0.25, 0.3) is 0 Å². The molecule has 88 valence electrons. The zero-order valence-electron chi connectivity index (χ0n) is 9.33. The molecule has 5 heteroatoms. The Labute approximate surface area is 98.8 Å². The molecule has 0 fully saturated rings. The standard InChI is InChI=1S/C11H14ClNO3/c1-8(14)3-4-16-11-7-13(2)9(6-12)5-10(11)15/h5,7H,3-4,6H2,1-2H3. The lowest BCUT2D eigenvalue weighted by Gasteiger charge is -2.09. The lowest BCUT2D eigenvalue weighted by molar-refractivity contribution is -0.117. The number of nitrogens with zero attached hydrogens (tertiary/aromatic N) is 1. The van der Waals surface area contributed by atoms with Crippen LogP contribution in [0, 0.1) is 0 Å². The molecular weight excluding hydrogens is 230 g/mol. The molecule has 0 atom stereocenters. The van der Waals surface area contributed by atoms with E-state index in [0.29, 0.717) is 6.42 Å². The van der Waals surface area contributed by atoms with Gasteiger partial charge in [-0.2, -0.15) is 0 Å². The molecule has 0 spiro atoms. The molecule has 4 nitrogen and oxygen atoms in total. The van der Waals surface area contributed by atoms with Crippen molar-refractivity contribution < 1.29 is 9.53 Å². The Morgan fingerprint density at radius 2 is 2.25 bits per heavy atom. The third kappa shape index (κ3) is 3.38. The van der Waals surface area contributed by atoms with E-state index in [1.807, 2.05) is 0 Å². The number of aromatic nitrogens is 1. The quantitative estimate of drug-likeness (QED) is 0.736. The van der Waals surface area contributed by atoms with Crippen LogP contribution in [0.5, 0.6) is 5.75 Å². The van der Waals surface area contributed by atoms with Gasteiger partial charge in [0, 0.05) is 25.2 Å². The summed E-state index contributed by atoms with van der Waals surface area (Å²) in [7, 11) is 1.79. The summed E-state index contributed by atoms with van der Waals surface area (Å²) < 4.78 is 6.96. The Balaban J connectivity index is 2.78. The average molecular weight is 244 g/mol. The minimum Gasteiger partial charge on any atom is -0.488 e. The van der Waals surface area contributed by atoms with Crippen LogP contribution in [0.25, 0.3) is 0 Å². The molecule has 0 aliphatic rings. The van der Waals surface area contributed by atoms with Gasteiger partial charge in [-0.05, 0) is 6.92 Å². The number of pyridine rings is 1. The summed E-state index contributed by atoms with van der Waals surface area (Å²) in [5.41, 5.74) is 0.517. The van der Waals surface area contributed by atoms with Crippen molar-refractivity contribution in [3.63, 3.8) is 0 Å². The van der Waals surface area contributed by atoms with E-state index in [1.54, 1.807) is 17.8 Å². The molecule has 0 amide bonds. The smallest absolute Gasteiger partial charge is 0.223 e. The zero-order chi connectivity index (χ0) is 12.1. The van der Waals surface area contributed by atoms with Gasteiger partial charge in [-0.25, -0.2) is 0 Å². The second-order valence-corrected chi connectivity index (χ2v) is 3.81. The fraction of sp³-hybridized carbons (Fsp3) is 0.455. The number of ether oxygens (including phenoxy) is 1. The van der Waals surface area contributed by atoms with Crippen LogP contribution in [0.15, 0.2) is 17.1 Å². The molecule has 0 radical (unpaired) electrons. The number of alkyl halides is 1. The van der Waals surface area contributed by atoms with Crippen molar-refractivity contribution in [3.05, 3.63) is 28.2 Å². The van der Waals surface area contributed by atoms with Crippen molar-refractivity contribution in [1.29, 1.82) is 0 Å². The molecule has 0 saturated heterocycles. The highest BCUT2D eigenvalue weighted by atomic mass is 35.5. The summed E-state index contributed by atoms with van der Waals surface area (Å²) >= 11 is 5.66. The highest BCUT2D eigenvalue weighted by Gasteiger charge is 2.05. The Morgan fingerprint density at radius 1 is 1.56 bits per heavy atom. The molecule has 1 aromatic heterocycles. The van der Waals surface area contributed by atoms with Crippen LogP contribution in [0.4, 0.5) is 0 Å². The molecule has 1 heterocycles. The van der Waals surface area contributed by atoms with Crippen molar-refractivity contribution in [3.8, 4) is 5.75 Å². The number of ketones is 1. The van der Waals surface area contributed by atoms with E-state index in [4.69, 9.17) is 16.3 Å². The number of carbonyl (C=O) groups excluding carboxylic acids is 1. The molecular formula is C11H14ClNO3. The van der Waals surface area contributed by atoms with Crippen molar-refractivity contribution in [2.24, 2.45) is 7.05 Å². The van der Waals surface area contributed by atoms with E-state index < -0.39 is 0 Å². The van der Waals surface area contributed by atoms with E-state index in [1.165, 1.54) is 13.0 Å². The van der Waals surface area contributed by atoms with Crippen molar-refractivity contribution >= 4 is 17.4 Å². The average Bonchev–Trinajstić information content (AvgIpc) is 2.22. The van der Waals surface area contributed by atoms with Gasteiger partial charge in [0.2, 0.25) is 5.43 Å². The van der Waals surface area contributed by atoms with Gasteiger partial charge in [-0.1, -0.05) is 0 Å². The minimum atomic E-state index is -0.211. The molecule has 0 saturated carbocycles. The Hall–Kier alpha value is -1.29. The summed E-state index contributed by atoms with van der Waals surface area (Å²) in [5.74, 6) is 0.561. The number of Topliss-reactive ketones (excluding diaryl/α,β-unsaturated/α-hetero) is 1. The molecule has 0 aromatic carbocycles. The predicted octanol–water partition coefficient (Wildman–Crippen LogP) is 1.48. The van der Waals surface area contributed by atoms with Crippen LogP contribution in [-0.2, 0) is 17.7 Å². The van der Waals surface area contributed by atoms with Crippen LogP contribution in [0.1, 0.15) is 19.0 Å². The first-order chi connectivity index (χ1) is 7.54. The lowest BCUT2D eigenvalue weighted by atomic mass is 10.3. The molecule has 16 heavy (non-hydrogen) atoms. The number of halogens is 1. The fourth-order valence-corrected chi connectivity index (χ4v) is 1.46. The largest absolute Gasteiger partial charge is 0.488 e. The van der Waals surface area contributed by atoms with Gasteiger partial charge in [-0.3, -0.25) is 9.59 Å². The molecule has 0 bridgehead atoms. The summed E-state index contributed by atoms with van der Waals surface area (Å²) in [6, 6.07) is 1.44. The number of carbonyl (C=O) groups is 1. The highest BCUT2D eigenvalue weighted by molar-refractivity contribution is 6.16. The van der Waals surface area contributed by atoms with E-state index >= 15 is 0 Å². The molecule has 0 N–H and O–H groups in total. The van der Waals surface area contributed by atoms with Crippen molar-refractivity contribution in [2.75, 3.05) is 6.61 Å². The topological polar surface area (TPSA) is 48.3 Å². The highest BCUT2D eigenvalue weighted by Crippen LogP contribution is 2.07. The van der Waals surface area contributed by atoms with Crippen LogP contribution in [-0.4, -0.2) is 17.0 Å². The summed E-state index contributed by atoms with van der Waals surface area (Å²) in [4.78, 5) is 22.3. The molecule has 1 aromatic rings. The SMILES string of the molecule is CC(=O)CCOc1cn(C)c(CCl)cc1=O. The van der Waals surface area contributed by atoms with E-state index in [0.717, 1.165) is 5.69 Å². The van der Waals surface area contributed by atoms with Gasteiger partial charge in [0.05, 0.1) is 18.7 Å². The minimum absolute atomic E-state index is 0.0363. The van der Waals surface area contributed by atoms with Gasteiger partial charge < -0.3 is 9.30 Å². The van der Waals surface area contributed by atoms with Crippen LogP contribution in [0.2, 0.25) is 0 Å². The van der Waals surface area contributed by atoms with Gasteiger partial charge >= 0.3 is 0 Å². The maximum absolute atomic E-state index is 11.5. The number of hydrogen-bond donors (Lipinski definition) is 0. The van der Waals surface area contributed by atoms with Crippen LogP contribution >= 0.6 is 11.6 Å². The fourth-order valence-electron chi connectivity index (χ4n) is 1.19. The van der Waals surface area contributed by atoms with Crippen molar-refractivity contribution in [1.82, 2.24) is 4.57 Å². The first-order valence-electron chi connectivity index (χ1n) is 4.92. The Bertz CT molecular complexity index is 439. The zero-order valence-corrected chi connectivity index (χ0v) is 10.1. The number of rotatable bonds is 5. The van der Waals surface area contributed by atoms with Crippen LogP contribution < -0.4 is 10.2 Å². The first kappa shape index (κ1) is 12.8. The number of aryl methyl sites for hydroxylation is 1. The second kappa shape index (κ2) is 5.70. The lowest BCUT2D eigenvalue weighted by Crippen LogP contribution is -2.14. The van der Waals surface area contributed by atoms with Gasteiger partial charge in [0.1, 0.15) is 5.78 Å². The maximum Gasteiger partial charge on any atom is 0.223 e. The molecule has 0 unspecified atom stereocenters. The monoisotopic (exact) mass is 243 g/mol. The number of hydrogen-bond acceptors (Lipinski definition) is 3. The normalized spacial score (nSPS) is 10.2. The Morgan fingerprint density at radius 3 is 2.81 bits per heavy atom. The van der Waals surface area contributed by atoms with Crippen LogP contribution in [0.3, 0.4) is 0 Å². The molecule has 0 aliphatic carbocycles. The first-order valence-corrected chi connectivity index (χ1v) is 5.45. The molecule has 1 rings (SSSR count). The second-order valence-electron chi connectivity index (χ2n) is 3.54. The van der Waals surface area contributed by atoms with Crippen molar-refractivity contribution in [2.45, 2.75) is 19.2 Å². The van der Waals surface area contributed by atoms with E-state index in [9.17, 15) is 9.59 Å². The Kier molecular flexibility index (Phi) is 4.55. The maximum atomic E-state index is 11.5. The summed E-state index contributed by atoms with van der Waals surface area (Å²) in [6.45, 7) is 1.71. The van der Waals surface area contributed by atoms with Gasteiger partial charge in [-0.15, -0.1) is 11.6 Å². The summed E-state index contributed by atoms with van der Waals surface area (Å²) in [5, 5.41) is 0. The third-order valence-corrected chi connectivity index (χ3v) is 2.43. The summed E-state index contributed by atoms with van der Waals surface area (Å²) in [6.07, 6.45) is 1.89. The third-order valence-electron chi connectivity index (χ3n) is 2.15. The van der Waals surface area contributed by atoms with E-state index in [2.05, 4.69) is 0 Å². The predicted molar refractivity (Wildman–Crippen MR) is 62.0 cm³/mol. The molecule has 0 aliphatic heterocycles.